The molecule has 0 radical (unpaired) electrons. The highest BCUT2D eigenvalue weighted by atomic mass is 16.1. The first-order valence-electron chi connectivity index (χ1n) is 3.39. The Kier molecular flexibility index (Phi) is 4.11. The van der Waals surface area contributed by atoms with E-state index in [0.29, 0.717) is 5.57 Å². The van der Waals surface area contributed by atoms with Gasteiger partial charge < -0.3 is 0 Å². The van der Waals surface area contributed by atoms with Gasteiger partial charge in [0.05, 0.1) is 0 Å². The van der Waals surface area contributed by atoms with Gasteiger partial charge in [0.25, 0.3) is 0 Å². The van der Waals surface area contributed by atoms with Crippen molar-refractivity contribution in [3.8, 4) is 0 Å². The first kappa shape index (κ1) is 9.82. The number of hydrogen-bond acceptors (Lipinski definition) is 2. The van der Waals surface area contributed by atoms with Crippen LogP contribution in [-0.4, -0.2) is 19.0 Å². The van der Waals surface area contributed by atoms with Gasteiger partial charge in [0.1, 0.15) is 6.29 Å². The molecule has 0 aliphatic carbocycles. The van der Waals surface area contributed by atoms with E-state index in [1.54, 1.807) is 7.05 Å². The van der Waals surface area contributed by atoms with Crippen LogP contribution in [0.4, 0.5) is 0 Å². The van der Waals surface area contributed by atoms with E-state index < -0.39 is 0 Å². The average Bonchev–Trinajstić information content (AvgIpc) is 2.05. The molecule has 0 rings (SSSR count). The Bertz CT molecular complexity index is 214. The predicted molar refractivity (Wildman–Crippen MR) is 48.0 cm³/mol. The quantitative estimate of drug-likeness (QED) is 0.261. The fourth-order valence-electron chi connectivity index (χ4n) is 0.666. The van der Waals surface area contributed by atoms with Gasteiger partial charge in [-0.25, -0.2) is 0 Å². The molecule has 0 spiro atoms. The van der Waals surface area contributed by atoms with Crippen LogP contribution in [0.25, 0.3) is 0 Å². The zero-order valence-electron chi connectivity index (χ0n) is 7.22. The maximum atomic E-state index is 10.4. The largest absolute Gasteiger partial charge is 0.298 e. The summed E-state index contributed by atoms with van der Waals surface area (Å²) in [5.74, 6) is 0. The summed E-state index contributed by atoms with van der Waals surface area (Å²) in [7, 11) is 1.70. The van der Waals surface area contributed by atoms with Gasteiger partial charge in [-0.3, -0.25) is 9.79 Å². The van der Waals surface area contributed by atoms with Crippen molar-refractivity contribution in [2.45, 2.75) is 13.8 Å². The lowest BCUT2D eigenvalue weighted by molar-refractivity contribution is -0.104. The third-order valence-corrected chi connectivity index (χ3v) is 1.66. The molecule has 0 aromatic rings. The van der Waals surface area contributed by atoms with Crippen LogP contribution >= 0.6 is 0 Å². The highest BCUT2D eigenvalue weighted by Gasteiger charge is 1.98. The van der Waals surface area contributed by atoms with Gasteiger partial charge in [0.15, 0.2) is 0 Å². The van der Waals surface area contributed by atoms with E-state index in [-0.39, 0.29) is 0 Å². The summed E-state index contributed by atoms with van der Waals surface area (Å²) >= 11 is 0. The Hall–Kier alpha value is -1.18. The van der Waals surface area contributed by atoms with Crippen molar-refractivity contribution in [3.63, 3.8) is 0 Å². The number of aliphatic imine (C=N–C) groups is 1. The average molecular weight is 151 g/mol. The van der Waals surface area contributed by atoms with E-state index >= 15 is 0 Å². The minimum atomic E-state index is 0.605. The molecule has 0 aliphatic heterocycles. The zero-order valence-corrected chi connectivity index (χ0v) is 7.22. The SMILES string of the molecule is C=C/C(C=O)=C(/C)C(C)=NC. The number of aldehydes is 1. The molecule has 0 aromatic heterocycles. The summed E-state index contributed by atoms with van der Waals surface area (Å²) in [4.78, 5) is 14.4. The molecule has 0 amide bonds. The maximum Gasteiger partial charge on any atom is 0.150 e. The molecule has 2 nitrogen and oxygen atoms in total. The molecule has 0 atom stereocenters. The van der Waals surface area contributed by atoms with Crippen LogP contribution in [0.2, 0.25) is 0 Å². The Morgan fingerprint density at radius 3 is 2.27 bits per heavy atom. The van der Waals surface area contributed by atoms with Crippen molar-refractivity contribution in [3.05, 3.63) is 23.8 Å². The Balaban J connectivity index is 4.90. The summed E-state index contributed by atoms with van der Waals surface area (Å²) in [5, 5.41) is 0. The number of rotatable bonds is 3. The van der Waals surface area contributed by atoms with Gasteiger partial charge in [-0.2, -0.15) is 0 Å². The topological polar surface area (TPSA) is 29.4 Å². The van der Waals surface area contributed by atoms with Gasteiger partial charge in [0, 0.05) is 18.3 Å². The molecule has 0 N–H and O–H groups in total. The van der Waals surface area contributed by atoms with Crippen molar-refractivity contribution >= 4 is 12.0 Å². The van der Waals surface area contributed by atoms with Crippen LogP contribution in [-0.2, 0) is 4.79 Å². The van der Waals surface area contributed by atoms with Gasteiger partial charge in [-0.05, 0) is 19.4 Å². The van der Waals surface area contributed by atoms with E-state index in [2.05, 4.69) is 11.6 Å². The second-order valence-electron chi connectivity index (χ2n) is 2.21. The summed E-state index contributed by atoms with van der Waals surface area (Å²) in [6, 6.07) is 0. The molecule has 0 heterocycles. The minimum absolute atomic E-state index is 0.605. The van der Waals surface area contributed by atoms with Gasteiger partial charge in [-0.1, -0.05) is 12.7 Å². The molecule has 0 unspecified atom stereocenters. The van der Waals surface area contributed by atoms with Crippen molar-refractivity contribution < 1.29 is 4.79 Å². The first-order valence-corrected chi connectivity index (χ1v) is 3.39. The summed E-state index contributed by atoms with van der Waals surface area (Å²) in [5.41, 5.74) is 2.36. The summed E-state index contributed by atoms with van der Waals surface area (Å²) < 4.78 is 0. The summed E-state index contributed by atoms with van der Waals surface area (Å²) in [6.45, 7) is 7.24. The van der Waals surface area contributed by atoms with Crippen molar-refractivity contribution in [2.75, 3.05) is 7.05 Å². The number of nitrogens with zero attached hydrogens (tertiary/aromatic N) is 1. The monoisotopic (exact) mass is 151 g/mol. The normalized spacial score (nSPS) is 13.9. The smallest absolute Gasteiger partial charge is 0.150 e. The molecule has 0 fully saturated rings. The van der Waals surface area contributed by atoms with E-state index in [9.17, 15) is 4.79 Å². The van der Waals surface area contributed by atoms with E-state index in [1.165, 1.54) is 6.08 Å². The lowest BCUT2D eigenvalue weighted by Gasteiger charge is -2.00. The Morgan fingerprint density at radius 2 is 2.00 bits per heavy atom. The zero-order chi connectivity index (χ0) is 8.85. The molecule has 0 saturated carbocycles. The highest BCUT2D eigenvalue weighted by molar-refractivity contribution is 6.03. The van der Waals surface area contributed by atoms with Crippen LogP contribution in [0.3, 0.4) is 0 Å². The minimum Gasteiger partial charge on any atom is -0.298 e. The number of allylic oxidation sites excluding steroid dienone is 3. The molecule has 0 aromatic carbocycles. The van der Waals surface area contributed by atoms with Crippen molar-refractivity contribution in [1.82, 2.24) is 0 Å². The summed E-state index contributed by atoms with van der Waals surface area (Å²) in [6.07, 6.45) is 2.33. The third-order valence-electron chi connectivity index (χ3n) is 1.66. The Labute approximate surface area is 67.3 Å². The van der Waals surface area contributed by atoms with E-state index in [0.717, 1.165) is 17.6 Å². The second kappa shape index (κ2) is 4.61. The number of carbonyl (C=O) groups excluding carboxylic acids is 1. The molecule has 0 aliphatic rings. The van der Waals surface area contributed by atoms with Gasteiger partial charge in [0.2, 0.25) is 0 Å². The molecule has 0 bridgehead atoms. The van der Waals surface area contributed by atoms with Crippen LogP contribution in [0.1, 0.15) is 13.8 Å². The predicted octanol–water partition coefficient (Wildman–Crippen LogP) is 1.78. The van der Waals surface area contributed by atoms with Crippen LogP contribution < -0.4 is 0 Å². The molecule has 60 valence electrons. The Morgan fingerprint density at radius 1 is 1.45 bits per heavy atom. The number of hydrogen-bond donors (Lipinski definition) is 0. The molecule has 0 saturated heterocycles. The maximum absolute atomic E-state index is 10.4. The lowest BCUT2D eigenvalue weighted by atomic mass is 10.1. The van der Waals surface area contributed by atoms with Crippen LogP contribution in [0.5, 0.6) is 0 Å². The van der Waals surface area contributed by atoms with Crippen molar-refractivity contribution in [1.29, 1.82) is 0 Å². The molecular weight excluding hydrogens is 138 g/mol. The van der Waals surface area contributed by atoms with Crippen LogP contribution in [0, 0.1) is 0 Å². The molecule has 11 heavy (non-hydrogen) atoms. The fraction of sp³-hybridized carbons (Fsp3) is 0.333. The van der Waals surface area contributed by atoms with Gasteiger partial charge in [-0.15, -0.1) is 0 Å². The first-order chi connectivity index (χ1) is 5.17. The lowest BCUT2D eigenvalue weighted by Crippen LogP contribution is -1.97. The van der Waals surface area contributed by atoms with Gasteiger partial charge >= 0.3 is 0 Å². The fourth-order valence-corrected chi connectivity index (χ4v) is 0.666. The standard InChI is InChI=1S/C9H13NO/c1-5-9(6-11)7(2)8(3)10-4/h5-6H,1H2,2-4H3/b9-7+,10-8?. The van der Waals surface area contributed by atoms with E-state index in [4.69, 9.17) is 0 Å². The molecular formula is C9H13NO. The number of carbonyl (C=O) groups is 1. The third kappa shape index (κ3) is 2.50. The van der Waals surface area contributed by atoms with Crippen LogP contribution in [0.15, 0.2) is 28.8 Å². The highest BCUT2D eigenvalue weighted by Crippen LogP contribution is 2.04. The molecule has 2 heteroatoms. The van der Waals surface area contributed by atoms with E-state index in [1.807, 2.05) is 13.8 Å². The van der Waals surface area contributed by atoms with Crippen molar-refractivity contribution in [2.24, 2.45) is 4.99 Å². The second-order valence-corrected chi connectivity index (χ2v) is 2.21.